The second kappa shape index (κ2) is 7.14. The first-order chi connectivity index (χ1) is 11.2. The van der Waals surface area contributed by atoms with Crippen molar-refractivity contribution in [2.45, 2.75) is 39.2 Å². The van der Waals surface area contributed by atoms with Gasteiger partial charge in [0.05, 0.1) is 0 Å². The Morgan fingerprint density at radius 3 is 2.58 bits per heavy atom. The number of esters is 1. The van der Waals surface area contributed by atoms with Crippen LogP contribution in [0.25, 0.3) is 0 Å². The van der Waals surface area contributed by atoms with Crippen LogP contribution in [0, 0.1) is 27.7 Å². The summed E-state index contributed by atoms with van der Waals surface area (Å²) in [6, 6.07) is 5.84. The number of carbonyl (C=O) groups is 1. The van der Waals surface area contributed by atoms with Crippen molar-refractivity contribution in [1.29, 1.82) is 0 Å². The molecule has 2 aromatic rings. The van der Waals surface area contributed by atoms with Gasteiger partial charge in [-0.05, 0) is 38.8 Å². The fourth-order valence-corrected chi connectivity index (χ4v) is 3.54. The summed E-state index contributed by atoms with van der Waals surface area (Å²) in [5.41, 5.74) is 3.19. The molecular formula is C16H20N2O5S. The van der Waals surface area contributed by atoms with Gasteiger partial charge >= 0.3 is 5.97 Å². The Bertz CT molecular complexity index is 836. The molecule has 2 rings (SSSR count). The number of aromatic nitrogens is 1. The molecule has 0 aliphatic carbocycles. The van der Waals surface area contributed by atoms with E-state index in [0.29, 0.717) is 0 Å². The van der Waals surface area contributed by atoms with Gasteiger partial charge in [0.15, 0.2) is 5.76 Å². The topological polar surface area (TPSA) is 98.5 Å². The summed E-state index contributed by atoms with van der Waals surface area (Å²) in [6.45, 7) is 6.51. The number of nitrogens with one attached hydrogen (secondary N) is 1. The fraction of sp³-hybridized carbons (Fsp3) is 0.375. The normalized spacial score (nSPS) is 11.5. The summed E-state index contributed by atoms with van der Waals surface area (Å²) in [5.74, 6) is -0.491. The summed E-state index contributed by atoms with van der Waals surface area (Å²) >= 11 is 0. The molecule has 1 N–H and O–H groups in total. The number of carbonyl (C=O) groups excluding carboxylic acids is 1. The summed E-state index contributed by atoms with van der Waals surface area (Å²) < 4.78 is 36.6. The Morgan fingerprint density at radius 2 is 1.96 bits per heavy atom. The zero-order valence-corrected chi connectivity index (χ0v) is 14.9. The van der Waals surface area contributed by atoms with Gasteiger partial charge in [-0.3, -0.25) is 4.79 Å². The quantitative estimate of drug-likeness (QED) is 0.798. The van der Waals surface area contributed by atoms with Gasteiger partial charge in [-0.25, -0.2) is 8.42 Å². The van der Waals surface area contributed by atoms with E-state index in [1.165, 1.54) is 13.8 Å². The third kappa shape index (κ3) is 4.21. The van der Waals surface area contributed by atoms with Crippen molar-refractivity contribution in [2.24, 2.45) is 0 Å². The lowest BCUT2D eigenvalue weighted by atomic mass is 10.1. The minimum absolute atomic E-state index is 0.0511. The lowest BCUT2D eigenvalue weighted by Gasteiger charge is -2.09. The van der Waals surface area contributed by atoms with E-state index >= 15 is 0 Å². The summed E-state index contributed by atoms with van der Waals surface area (Å²) in [6.07, 6.45) is 0. The van der Waals surface area contributed by atoms with Crippen molar-refractivity contribution in [3.05, 3.63) is 46.3 Å². The van der Waals surface area contributed by atoms with E-state index in [2.05, 4.69) is 9.88 Å². The molecule has 0 amide bonds. The van der Waals surface area contributed by atoms with E-state index in [4.69, 9.17) is 9.26 Å². The van der Waals surface area contributed by atoms with Gasteiger partial charge in [0, 0.05) is 0 Å². The van der Waals surface area contributed by atoms with Crippen LogP contribution < -0.4 is 4.72 Å². The van der Waals surface area contributed by atoms with Gasteiger partial charge in [0.1, 0.15) is 23.7 Å². The molecular weight excluding hydrogens is 332 g/mol. The molecule has 0 radical (unpaired) electrons. The molecule has 0 saturated carbocycles. The number of ether oxygens (including phenoxy) is 1. The monoisotopic (exact) mass is 352 g/mol. The molecule has 0 bridgehead atoms. The van der Waals surface area contributed by atoms with Gasteiger partial charge in [-0.15, -0.1) is 0 Å². The van der Waals surface area contributed by atoms with Crippen molar-refractivity contribution in [2.75, 3.05) is 6.54 Å². The molecule has 0 spiro atoms. The number of sulfonamides is 1. The van der Waals surface area contributed by atoms with Crippen LogP contribution in [0.3, 0.4) is 0 Å². The molecule has 0 unspecified atom stereocenters. The average Bonchev–Trinajstić information content (AvgIpc) is 2.86. The van der Waals surface area contributed by atoms with Gasteiger partial charge in [0.25, 0.3) is 0 Å². The summed E-state index contributed by atoms with van der Waals surface area (Å²) in [4.78, 5) is 11.8. The highest BCUT2D eigenvalue weighted by atomic mass is 32.2. The third-order valence-electron chi connectivity index (χ3n) is 3.54. The lowest BCUT2D eigenvalue weighted by Crippen LogP contribution is -2.31. The standard InChI is InChI=1S/C16H20N2O5S/c1-10-5-6-11(2)14(7-10)9-22-15(19)8-17-24(20,21)16-12(3)18-23-13(16)4/h5-7,17H,8-9H2,1-4H3. The second-order valence-corrected chi connectivity index (χ2v) is 7.27. The van der Waals surface area contributed by atoms with E-state index in [1.807, 2.05) is 32.0 Å². The minimum atomic E-state index is -3.88. The average molecular weight is 352 g/mol. The predicted molar refractivity (Wildman–Crippen MR) is 86.9 cm³/mol. The molecule has 0 fully saturated rings. The van der Waals surface area contributed by atoms with Gasteiger partial charge < -0.3 is 9.26 Å². The van der Waals surface area contributed by atoms with Gasteiger partial charge in [-0.2, -0.15) is 4.72 Å². The molecule has 0 atom stereocenters. The second-order valence-electron chi connectivity index (χ2n) is 5.57. The summed E-state index contributed by atoms with van der Waals surface area (Å²) in [7, 11) is -3.88. The number of aryl methyl sites for hydroxylation is 4. The number of nitrogens with zero attached hydrogens (tertiary/aromatic N) is 1. The highest BCUT2D eigenvalue weighted by molar-refractivity contribution is 7.89. The maximum atomic E-state index is 12.2. The molecule has 7 nitrogen and oxygen atoms in total. The zero-order chi connectivity index (χ0) is 17.9. The maximum absolute atomic E-state index is 12.2. The van der Waals surface area contributed by atoms with E-state index in [-0.39, 0.29) is 23.0 Å². The molecule has 130 valence electrons. The molecule has 0 saturated heterocycles. The van der Waals surface area contributed by atoms with E-state index < -0.39 is 22.5 Å². The van der Waals surface area contributed by atoms with Crippen LogP contribution in [0.1, 0.15) is 28.1 Å². The van der Waals surface area contributed by atoms with E-state index in [1.54, 1.807) is 0 Å². The minimum Gasteiger partial charge on any atom is -0.460 e. The Morgan fingerprint density at radius 1 is 1.25 bits per heavy atom. The Hall–Kier alpha value is -2.19. The van der Waals surface area contributed by atoms with Crippen molar-refractivity contribution < 1.29 is 22.5 Å². The molecule has 1 aromatic carbocycles. The van der Waals surface area contributed by atoms with Crippen molar-refractivity contribution in [3.63, 3.8) is 0 Å². The van der Waals surface area contributed by atoms with E-state index in [0.717, 1.165) is 16.7 Å². The van der Waals surface area contributed by atoms with Gasteiger partial charge in [-0.1, -0.05) is 28.9 Å². The molecule has 1 aromatic heterocycles. The van der Waals surface area contributed by atoms with Crippen LogP contribution in [-0.2, 0) is 26.2 Å². The van der Waals surface area contributed by atoms with Crippen LogP contribution in [-0.4, -0.2) is 26.1 Å². The Labute approximate surface area is 141 Å². The van der Waals surface area contributed by atoms with Crippen LogP contribution >= 0.6 is 0 Å². The van der Waals surface area contributed by atoms with Crippen LogP contribution in [0.15, 0.2) is 27.6 Å². The third-order valence-corrected chi connectivity index (χ3v) is 5.18. The molecule has 1 heterocycles. The van der Waals surface area contributed by atoms with Crippen molar-refractivity contribution in [1.82, 2.24) is 9.88 Å². The molecule has 0 aliphatic heterocycles. The first kappa shape index (κ1) is 18.2. The fourth-order valence-electron chi connectivity index (χ4n) is 2.25. The molecule has 24 heavy (non-hydrogen) atoms. The highest BCUT2D eigenvalue weighted by Crippen LogP contribution is 2.18. The largest absolute Gasteiger partial charge is 0.460 e. The van der Waals surface area contributed by atoms with Gasteiger partial charge in [0.2, 0.25) is 10.0 Å². The van der Waals surface area contributed by atoms with Crippen molar-refractivity contribution in [3.8, 4) is 0 Å². The Kier molecular flexibility index (Phi) is 5.40. The highest BCUT2D eigenvalue weighted by Gasteiger charge is 2.24. The van der Waals surface area contributed by atoms with Crippen molar-refractivity contribution >= 4 is 16.0 Å². The van der Waals surface area contributed by atoms with Crippen LogP contribution in [0.4, 0.5) is 0 Å². The predicted octanol–water partition coefficient (Wildman–Crippen LogP) is 1.93. The molecule has 8 heteroatoms. The molecule has 0 aliphatic rings. The first-order valence-electron chi connectivity index (χ1n) is 7.35. The van der Waals surface area contributed by atoms with Crippen LogP contribution in [0.2, 0.25) is 0 Å². The Balaban J connectivity index is 1.95. The smallest absolute Gasteiger partial charge is 0.321 e. The van der Waals surface area contributed by atoms with Crippen LogP contribution in [0.5, 0.6) is 0 Å². The summed E-state index contributed by atoms with van der Waals surface area (Å²) in [5, 5.41) is 3.59. The lowest BCUT2D eigenvalue weighted by molar-refractivity contribution is -0.143. The van der Waals surface area contributed by atoms with E-state index in [9.17, 15) is 13.2 Å². The first-order valence-corrected chi connectivity index (χ1v) is 8.83. The number of rotatable bonds is 6. The number of benzene rings is 1. The SMILES string of the molecule is Cc1ccc(C)c(COC(=O)CNS(=O)(=O)c2c(C)noc2C)c1. The number of hydrogen-bond donors (Lipinski definition) is 1. The maximum Gasteiger partial charge on any atom is 0.321 e. The number of hydrogen-bond acceptors (Lipinski definition) is 6. The zero-order valence-electron chi connectivity index (χ0n) is 14.0.